The molecule has 100 valence electrons. The Morgan fingerprint density at radius 3 is 2.89 bits per heavy atom. The molecular formula is C13H21N3O2. The summed E-state index contributed by atoms with van der Waals surface area (Å²) in [5.74, 6) is -0.0933. The third kappa shape index (κ3) is 4.33. The number of ether oxygens (including phenoxy) is 1. The fourth-order valence-corrected chi connectivity index (χ4v) is 1.62. The molecule has 1 amide bonds. The van der Waals surface area contributed by atoms with Crippen molar-refractivity contribution >= 4 is 11.6 Å². The molecule has 0 aliphatic rings. The summed E-state index contributed by atoms with van der Waals surface area (Å²) in [4.78, 5) is 16.1. The summed E-state index contributed by atoms with van der Waals surface area (Å²) >= 11 is 0. The maximum atomic E-state index is 11.9. The lowest BCUT2D eigenvalue weighted by molar-refractivity contribution is 0.0952. The standard InChI is InChI=1S/C13H21N3O2/c1-10-8-12(14-2)11(9-16-10)13(17)15-6-4-5-7-18-3/h8-9H,4-7H2,1-3H3,(H,14,16)(H,15,17). The van der Waals surface area contributed by atoms with Crippen LogP contribution >= 0.6 is 0 Å². The van der Waals surface area contributed by atoms with E-state index in [9.17, 15) is 4.79 Å². The Labute approximate surface area is 108 Å². The van der Waals surface area contributed by atoms with Crippen molar-refractivity contribution in [1.82, 2.24) is 10.3 Å². The molecule has 0 saturated carbocycles. The number of nitrogens with one attached hydrogen (secondary N) is 2. The van der Waals surface area contributed by atoms with Crippen LogP contribution in [0.1, 0.15) is 28.9 Å². The van der Waals surface area contributed by atoms with Gasteiger partial charge in [-0.25, -0.2) is 0 Å². The topological polar surface area (TPSA) is 63.2 Å². The highest BCUT2D eigenvalue weighted by Crippen LogP contribution is 2.14. The number of rotatable bonds is 7. The highest BCUT2D eigenvalue weighted by Gasteiger charge is 2.10. The molecule has 5 heteroatoms. The number of methoxy groups -OCH3 is 1. The van der Waals surface area contributed by atoms with E-state index in [4.69, 9.17) is 4.74 Å². The number of carbonyl (C=O) groups is 1. The minimum atomic E-state index is -0.0933. The number of aryl methyl sites for hydroxylation is 1. The average molecular weight is 251 g/mol. The van der Waals surface area contributed by atoms with Crippen LogP contribution in [0.25, 0.3) is 0 Å². The fourth-order valence-electron chi connectivity index (χ4n) is 1.62. The van der Waals surface area contributed by atoms with Gasteiger partial charge in [0.25, 0.3) is 5.91 Å². The molecular weight excluding hydrogens is 230 g/mol. The zero-order chi connectivity index (χ0) is 13.4. The minimum Gasteiger partial charge on any atom is -0.387 e. The van der Waals surface area contributed by atoms with Crippen LogP contribution in [0.15, 0.2) is 12.3 Å². The molecule has 0 aromatic carbocycles. The van der Waals surface area contributed by atoms with Crippen molar-refractivity contribution < 1.29 is 9.53 Å². The second-order valence-corrected chi connectivity index (χ2v) is 4.08. The smallest absolute Gasteiger partial charge is 0.254 e. The second kappa shape index (κ2) is 7.66. The van der Waals surface area contributed by atoms with Crippen molar-refractivity contribution in [2.45, 2.75) is 19.8 Å². The lowest BCUT2D eigenvalue weighted by Gasteiger charge is -2.10. The summed E-state index contributed by atoms with van der Waals surface area (Å²) in [6, 6.07) is 1.86. The van der Waals surface area contributed by atoms with Gasteiger partial charge in [-0.3, -0.25) is 9.78 Å². The molecule has 18 heavy (non-hydrogen) atoms. The van der Waals surface area contributed by atoms with E-state index in [-0.39, 0.29) is 5.91 Å². The van der Waals surface area contributed by atoms with Crippen LogP contribution < -0.4 is 10.6 Å². The van der Waals surface area contributed by atoms with Crippen LogP contribution in [0.3, 0.4) is 0 Å². The summed E-state index contributed by atoms with van der Waals surface area (Å²) in [6.07, 6.45) is 3.46. The first-order chi connectivity index (χ1) is 8.69. The molecule has 1 aromatic heterocycles. The predicted molar refractivity (Wildman–Crippen MR) is 72.0 cm³/mol. The van der Waals surface area contributed by atoms with E-state index in [1.165, 1.54) is 0 Å². The Morgan fingerprint density at radius 1 is 1.44 bits per heavy atom. The van der Waals surface area contributed by atoms with E-state index in [0.29, 0.717) is 12.1 Å². The first-order valence-electron chi connectivity index (χ1n) is 6.10. The van der Waals surface area contributed by atoms with Gasteiger partial charge in [0.1, 0.15) is 0 Å². The first-order valence-corrected chi connectivity index (χ1v) is 6.10. The van der Waals surface area contributed by atoms with Gasteiger partial charge in [-0.2, -0.15) is 0 Å². The van der Waals surface area contributed by atoms with Gasteiger partial charge in [0.05, 0.1) is 11.3 Å². The van der Waals surface area contributed by atoms with Gasteiger partial charge in [0.15, 0.2) is 0 Å². The van der Waals surface area contributed by atoms with Gasteiger partial charge in [-0.15, -0.1) is 0 Å². The Kier molecular flexibility index (Phi) is 6.14. The van der Waals surface area contributed by atoms with Crippen molar-refractivity contribution in [2.24, 2.45) is 0 Å². The molecule has 0 aliphatic carbocycles. The Bertz CT molecular complexity index is 394. The Morgan fingerprint density at radius 2 is 2.22 bits per heavy atom. The third-order valence-corrected chi connectivity index (χ3v) is 2.62. The van der Waals surface area contributed by atoms with Crippen LogP contribution in [0.4, 0.5) is 5.69 Å². The van der Waals surface area contributed by atoms with E-state index in [1.807, 2.05) is 13.0 Å². The molecule has 1 rings (SSSR count). The number of amides is 1. The number of anilines is 1. The summed E-state index contributed by atoms with van der Waals surface area (Å²) in [5, 5.41) is 5.88. The Hall–Kier alpha value is -1.62. The Balaban J connectivity index is 2.51. The monoisotopic (exact) mass is 251 g/mol. The number of nitrogens with zero attached hydrogens (tertiary/aromatic N) is 1. The first kappa shape index (κ1) is 14.4. The summed E-state index contributed by atoms with van der Waals surface area (Å²) in [7, 11) is 3.47. The molecule has 0 bridgehead atoms. The van der Waals surface area contributed by atoms with E-state index >= 15 is 0 Å². The van der Waals surface area contributed by atoms with Crippen molar-refractivity contribution in [3.8, 4) is 0 Å². The molecule has 0 radical (unpaired) electrons. The largest absolute Gasteiger partial charge is 0.387 e. The lowest BCUT2D eigenvalue weighted by atomic mass is 10.2. The van der Waals surface area contributed by atoms with Crippen LogP contribution in [-0.4, -0.2) is 38.2 Å². The fraction of sp³-hybridized carbons (Fsp3) is 0.538. The predicted octanol–water partition coefficient (Wildman–Crippen LogP) is 1.59. The second-order valence-electron chi connectivity index (χ2n) is 4.08. The zero-order valence-corrected chi connectivity index (χ0v) is 11.2. The zero-order valence-electron chi connectivity index (χ0n) is 11.2. The van der Waals surface area contributed by atoms with Crippen LogP contribution in [0.2, 0.25) is 0 Å². The van der Waals surface area contributed by atoms with Gasteiger partial charge in [-0.05, 0) is 25.8 Å². The quantitative estimate of drug-likeness (QED) is 0.722. The molecule has 0 fully saturated rings. The maximum Gasteiger partial charge on any atom is 0.254 e. The van der Waals surface area contributed by atoms with Crippen molar-refractivity contribution in [3.05, 3.63) is 23.5 Å². The highest BCUT2D eigenvalue weighted by atomic mass is 16.5. The normalized spacial score (nSPS) is 10.2. The molecule has 0 unspecified atom stereocenters. The number of unbranched alkanes of at least 4 members (excludes halogenated alkanes) is 1. The molecule has 0 aliphatic heterocycles. The van der Waals surface area contributed by atoms with Crippen LogP contribution in [-0.2, 0) is 4.74 Å². The number of hydrogen-bond acceptors (Lipinski definition) is 4. The molecule has 0 atom stereocenters. The van der Waals surface area contributed by atoms with E-state index in [0.717, 1.165) is 30.8 Å². The van der Waals surface area contributed by atoms with Gasteiger partial charge < -0.3 is 15.4 Å². The van der Waals surface area contributed by atoms with Crippen molar-refractivity contribution in [1.29, 1.82) is 0 Å². The highest BCUT2D eigenvalue weighted by molar-refractivity contribution is 5.99. The molecule has 0 saturated heterocycles. The summed E-state index contributed by atoms with van der Waals surface area (Å²) in [6.45, 7) is 3.27. The molecule has 2 N–H and O–H groups in total. The van der Waals surface area contributed by atoms with Crippen LogP contribution in [0, 0.1) is 6.92 Å². The summed E-state index contributed by atoms with van der Waals surface area (Å²) < 4.78 is 4.95. The lowest BCUT2D eigenvalue weighted by Crippen LogP contribution is -2.25. The number of hydrogen-bond donors (Lipinski definition) is 2. The molecule has 1 aromatic rings. The molecule has 1 heterocycles. The summed E-state index contributed by atoms with van der Waals surface area (Å²) in [5.41, 5.74) is 2.27. The van der Waals surface area contributed by atoms with Gasteiger partial charge >= 0.3 is 0 Å². The van der Waals surface area contributed by atoms with Crippen molar-refractivity contribution in [3.63, 3.8) is 0 Å². The van der Waals surface area contributed by atoms with E-state index in [1.54, 1.807) is 20.4 Å². The number of aromatic nitrogens is 1. The van der Waals surface area contributed by atoms with Crippen molar-refractivity contribution in [2.75, 3.05) is 32.6 Å². The SMILES string of the molecule is CNc1cc(C)ncc1C(=O)NCCCCOC. The average Bonchev–Trinajstić information content (AvgIpc) is 2.38. The number of carbonyl (C=O) groups excluding carboxylic acids is 1. The molecule has 5 nitrogen and oxygen atoms in total. The van der Waals surface area contributed by atoms with Gasteiger partial charge in [0, 0.05) is 39.2 Å². The maximum absolute atomic E-state index is 11.9. The molecule has 0 spiro atoms. The van der Waals surface area contributed by atoms with Crippen LogP contribution in [0.5, 0.6) is 0 Å². The van der Waals surface area contributed by atoms with E-state index in [2.05, 4.69) is 15.6 Å². The third-order valence-electron chi connectivity index (χ3n) is 2.62. The minimum absolute atomic E-state index is 0.0933. The van der Waals surface area contributed by atoms with Gasteiger partial charge in [-0.1, -0.05) is 0 Å². The van der Waals surface area contributed by atoms with E-state index < -0.39 is 0 Å². The number of pyridine rings is 1. The van der Waals surface area contributed by atoms with Gasteiger partial charge in [0.2, 0.25) is 0 Å².